The van der Waals surface area contributed by atoms with E-state index in [0.29, 0.717) is 29.6 Å². The Morgan fingerprint density at radius 2 is 1.60 bits per heavy atom. The van der Waals surface area contributed by atoms with Gasteiger partial charge < -0.3 is 15.2 Å². The quantitative estimate of drug-likeness (QED) is 0.162. The number of aromatic nitrogens is 3. The Labute approximate surface area is 240 Å². The van der Waals surface area contributed by atoms with E-state index in [9.17, 15) is 9.59 Å². The normalized spacial score (nSPS) is 11.9. The van der Waals surface area contributed by atoms with E-state index in [1.54, 1.807) is 6.08 Å². The zero-order valence-electron chi connectivity index (χ0n) is 23.6. The van der Waals surface area contributed by atoms with Crippen LogP contribution in [0, 0.1) is 20.8 Å². The van der Waals surface area contributed by atoms with E-state index in [4.69, 9.17) is 0 Å². The molecule has 2 N–H and O–H groups in total. The number of anilines is 2. The zero-order valence-corrected chi connectivity index (χ0v) is 24.4. The van der Waals surface area contributed by atoms with Gasteiger partial charge in [0.2, 0.25) is 11.8 Å². The second-order valence-corrected chi connectivity index (χ2v) is 10.8. The molecule has 8 heteroatoms. The van der Waals surface area contributed by atoms with Crippen LogP contribution in [0.1, 0.15) is 42.5 Å². The van der Waals surface area contributed by atoms with Crippen molar-refractivity contribution >= 4 is 41.0 Å². The second kappa shape index (κ2) is 13.3. The molecule has 1 unspecified atom stereocenters. The van der Waals surface area contributed by atoms with Crippen molar-refractivity contribution in [2.45, 2.75) is 58.0 Å². The summed E-state index contributed by atoms with van der Waals surface area (Å²) >= 11 is 1.43. The Bertz CT molecular complexity index is 1490. The van der Waals surface area contributed by atoms with Gasteiger partial charge >= 0.3 is 0 Å². The Morgan fingerprint density at radius 3 is 2.23 bits per heavy atom. The molecule has 0 saturated carbocycles. The van der Waals surface area contributed by atoms with E-state index < -0.39 is 0 Å². The summed E-state index contributed by atoms with van der Waals surface area (Å²) in [6, 6.07) is 21.4. The molecule has 0 aliphatic carbocycles. The van der Waals surface area contributed by atoms with Crippen molar-refractivity contribution in [3.8, 4) is 11.4 Å². The molecule has 0 bridgehead atoms. The first kappa shape index (κ1) is 28.8. The third kappa shape index (κ3) is 7.07. The number of aryl methyl sites for hydroxylation is 3. The van der Waals surface area contributed by atoms with Crippen molar-refractivity contribution in [2.24, 2.45) is 0 Å². The van der Waals surface area contributed by atoms with Gasteiger partial charge in [0.05, 0.1) is 5.25 Å². The van der Waals surface area contributed by atoms with Crippen molar-refractivity contribution in [2.75, 3.05) is 10.6 Å². The van der Waals surface area contributed by atoms with Gasteiger partial charge in [0.1, 0.15) is 0 Å². The van der Waals surface area contributed by atoms with Crippen LogP contribution in [0.15, 0.2) is 78.0 Å². The number of benzene rings is 3. The summed E-state index contributed by atoms with van der Waals surface area (Å²) in [5.41, 5.74) is 6.68. The van der Waals surface area contributed by atoms with Crippen LogP contribution in [0.2, 0.25) is 0 Å². The molecule has 2 amide bonds. The molecule has 0 radical (unpaired) electrons. The van der Waals surface area contributed by atoms with Crippen LogP contribution in [0.4, 0.5) is 11.4 Å². The van der Waals surface area contributed by atoms with Crippen LogP contribution in [0.3, 0.4) is 0 Å². The molecule has 0 fully saturated rings. The molecule has 1 atom stereocenters. The minimum atomic E-state index is -0.316. The maximum Gasteiger partial charge on any atom is 0.248 e. The van der Waals surface area contributed by atoms with Crippen LogP contribution in [0.25, 0.3) is 17.5 Å². The van der Waals surface area contributed by atoms with Crippen LogP contribution in [-0.2, 0) is 16.1 Å². The SMILES string of the molecule is CCC(Sc1nnc(-c2ccc(NC(=O)C=Cc3ccccc3)cc2)n1CC)C(=O)Nc1c(C)cc(C)cc1C. The molecule has 1 heterocycles. The van der Waals surface area contributed by atoms with Crippen molar-refractivity contribution in [1.82, 2.24) is 14.8 Å². The minimum absolute atomic E-state index is 0.0452. The molecule has 40 heavy (non-hydrogen) atoms. The second-order valence-electron chi connectivity index (χ2n) is 9.64. The van der Waals surface area contributed by atoms with Gasteiger partial charge in [0.25, 0.3) is 0 Å². The number of nitrogens with one attached hydrogen (secondary N) is 2. The average Bonchev–Trinajstić information content (AvgIpc) is 3.35. The molecule has 4 rings (SSSR count). The van der Waals surface area contributed by atoms with E-state index in [-0.39, 0.29) is 17.1 Å². The van der Waals surface area contributed by atoms with E-state index in [2.05, 4.69) is 39.9 Å². The number of rotatable bonds is 10. The van der Waals surface area contributed by atoms with Crippen molar-refractivity contribution in [3.63, 3.8) is 0 Å². The van der Waals surface area contributed by atoms with Crippen LogP contribution in [-0.4, -0.2) is 31.8 Å². The monoisotopic (exact) mass is 553 g/mol. The van der Waals surface area contributed by atoms with Crippen molar-refractivity contribution in [3.05, 3.63) is 95.1 Å². The predicted molar refractivity (Wildman–Crippen MR) is 164 cm³/mol. The number of nitrogens with zero attached hydrogens (tertiary/aromatic N) is 3. The van der Waals surface area contributed by atoms with Crippen LogP contribution in [0.5, 0.6) is 0 Å². The summed E-state index contributed by atoms with van der Waals surface area (Å²) in [5.74, 6) is 0.468. The fourth-order valence-electron chi connectivity index (χ4n) is 4.53. The predicted octanol–water partition coefficient (Wildman–Crippen LogP) is 7.05. The fraction of sp³-hybridized carbons (Fsp3) is 0.250. The van der Waals surface area contributed by atoms with Crippen LogP contribution >= 0.6 is 11.8 Å². The molecular weight excluding hydrogens is 518 g/mol. The van der Waals surface area contributed by atoms with E-state index in [1.807, 2.05) is 86.9 Å². The molecule has 0 spiro atoms. The summed E-state index contributed by atoms with van der Waals surface area (Å²) in [7, 11) is 0. The van der Waals surface area contributed by atoms with Crippen molar-refractivity contribution in [1.29, 1.82) is 0 Å². The van der Waals surface area contributed by atoms with Crippen LogP contribution < -0.4 is 10.6 Å². The first-order valence-electron chi connectivity index (χ1n) is 13.4. The number of amides is 2. The largest absolute Gasteiger partial charge is 0.325 e. The van der Waals surface area contributed by atoms with Gasteiger partial charge in [-0.15, -0.1) is 10.2 Å². The Morgan fingerprint density at radius 1 is 0.925 bits per heavy atom. The lowest BCUT2D eigenvalue weighted by Gasteiger charge is -2.18. The summed E-state index contributed by atoms with van der Waals surface area (Å²) in [6.07, 6.45) is 3.95. The van der Waals surface area contributed by atoms with E-state index in [1.165, 1.54) is 23.4 Å². The smallest absolute Gasteiger partial charge is 0.248 e. The molecule has 0 saturated heterocycles. The average molecular weight is 554 g/mol. The molecule has 0 aliphatic heterocycles. The lowest BCUT2D eigenvalue weighted by molar-refractivity contribution is -0.115. The Hall–Kier alpha value is -4.17. The highest BCUT2D eigenvalue weighted by molar-refractivity contribution is 8.00. The molecule has 0 aliphatic rings. The fourth-order valence-corrected chi connectivity index (χ4v) is 5.55. The highest BCUT2D eigenvalue weighted by Gasteiger charge is 2.23. The van der Waals surface area contributed by atoms with Gasteiger partial charge in [-0.05, 0) is 81.1 Å². The minimum Gasteiger partial charge on any atom is -0.325 e. The summed E-state index contributed by atoms with van der Waals surface area (Å²) < 4.78 is 2.01. The lowest BCUT2D eigenvalue weighted by Crippen LogP contribution is -2.26. The highest BCUT2D eigenvalue weighted by Crippen LogP contribution is 2.30. The molecule has 4 aromatic rings. The molecule has 1 aromatic heterocycles. The Kier molecular flexibility index (Phi) is 9.56. The van der Waals surface area contributed by atoms with Gasteiger partial charge in [-0.25, -0.2) is 0 Å². The Balaban J connectivity index is 1.44. The van der Waals surface area contributed by atoms with Gasteiger partial charge in [-0.1, -0.05) is 66.7 Å². The maximum absolute atomic E-state index is 13.2. The van der Waals surface area contributed by atoms with Gasteiger partial charge in [-0.2, -0.15) is 0 Å². The van der Waals surface area contributed by atoms with Gasteiger partial charge in [-0.3, -0.25) is 9.59 Å². The maximum atomic E-state index is 13.2. The third-order valence-corrected chi connectivity index (χ3v) is 7.85. The van der Waals surface area contributed by atoms with E-state index >= 15 is 0 Å². The number of carbonyl (C=O) groups excluding carboxylic acids is 2. The number of hydrogen-bond donors (Lipinski definition) is 2. The molecule has 206 valence electrons. The van der Waals surface area contributed by atoms with Gasteiger partial charge in [0.15, 0.2) is 11.0 Å². The molecule has 3 aromatic carbocycles. The van der Waals surface area contributed by atoms with Crippen molar-refractivity contribution < 1.29 is 9.59 Å². The number of hydrogen-bond acceptors (Lipinski definition) is 5. The summed E-state index contributed by atoms with van der Waals surface area (Å²) in [4.78, 5) is 25.6. The number of thioether (sulfide) groups is 1. The topological polar surface area (TPSA) is 88.9 Å². The first-order valence-corrected chi connectivity index (χ1v) is 14.3. The summed E-state index contributed by atoms with van der Waals surface area (Å²) in [6.45, 7) is 10.8. The van der Waals surface area contributed by atoms with E-state index in [0.717, 1.165) is 27.9 Å². The zero-order chi connectivity index (χ0) is 28.6. The first-order chi connectivity index (χ1) is 19.3. The third-order valence-electron chi connectivity index (χ3n) is 6.51. The highest BCUT2D eigenvalue weighted by atomic mass is 32.2. The molecular formula is C32H35N5O2S. The standard InChI is InChI=1S/C32H35N5O2S/c1-6-27(31(39)34-29-22(4)19-21(3)20-23(29)5)40-32-36-35-30(37(32)7-2)25-14-16-26(17-15-25)33-28(38)18-13-24-11-9-8-10-12-24/h8-20,27H,6-7H2,1-5H3,(H,33,38)(H,34,39). The lowest BCUT2D eigenvalue weighted by atomic mass is 10.0. The van der Waals surface area contributed by atoms with Gasteiger partial charge in [0, 0.05) is 29.6 Å². The summed E-state index contributed by atoms with van der Waals surface area (Å²) in [5, 5.41) is 15.3. The molecule has 7 nitrogen and oxygen atoms in total. The number of carbonyl (C=O) groups is 2.